The molecule has 0 aromatic carbocycles. The first kappa shape index (κ1) is 9.22. The number of aliphatic carboxylic acids is 1. The third kappa shape index (κ3) is 2.22. The van der Waals surface area contributed by atoms with E-state index in [9.17, 15) is 18.0 Å². The van der Waals surface area contributed by atoms with Crippen LogP contribution >= 0.6 is 0 Å². The van der Waals surface area contributed by atoms with Crippen molar-refractivity contribution in [2.45, 2.75) is 6.18 Å². The molecule has 6 heteroatoms. The van der Waals surface area contributed by atoms with E-state index in [0.29, 0.717) is 0 Å². The Bertz CT molecular complexity index is 133. The van der Waals surface area contributed by atoms with Gasteiger partial charge in [0.05, 0.1) is 0 Å². The topological polar surface area (TPSA) is 63.3 Å². The Labute approximate surface area is 54.6 Å². The maximum absolute atomic E-state index is 11.5. The van der Waals surface area contributed by atoms with Crippen molar-refractivity contribution in [1.82, 2.24) is 0 Å². The third-order valence-corrected chi connectivity index (χ3v) is 0.929. The van der Waals surface area contributed by atoms with Crippen LogP contribution in [0, 0.1) is 5.92 Å². The molecule has 0 aliphatic heterocycles. The van der Waals surface area contributed by atoms with Crippen LogP contribution in [-0.4, -0.2) is 23.8 Å². The quantitative estimate of drug-likeness (QED) is 0.602. The molecule has 60 valence electrons. The molecule has 10 heavy (non-hydrogen) atoms. The van der Waals surface area contributed by atoms with Crippen molar-refractivity contribution in [2.75, 3.05) is 6.54 Å². The zero-order valence-electron chi connectivity index (χ0n) is 4.85. The molecule has 0 amide bonds. The van der Waals surface area contributed by atoms with E-state index in [0.717, 1.165) is 0 Å². The maximum atomic E-state index is 11.5. The SMILES string of the molecule is NCC(C(=O)O)C(F)(F)F. The molecule has 3 N–H and O–H groups in total. The second kappa shape index (κ2) is 2.87. The van der Waals surface area contributed by atoms with Crippen molar-refractivity contribution in [2.24, 2.45) is 11.7 Å². The number of rotatable bonds is 2. The standard InChI is InChI=1S/C4H6F3NO2/c5-4(6,7)2(1-8)3(9)10/h2H,1,8H2,(H,9,10). The Morgan fingerprint density at radius 3 is 2.00 bits per heavy atom. The summed E-state index contributed by atoms with van der Waals surface area (Å²) in [5.74, 6) is -4.37. The fraction of sp³-hybridized carbons (Fsp3) is 0.750. The van der Waals surface area contributed by atoms with E-state index >= 15 is 0 Å². The summed E-state index contributed by atoms with van der Waals surface area (Å²) in [6, 6.07) is 0. The van der Waals surface area contributed by atoms with Crippen LogP contribution in [0.4, 0.5) is 13.2 Å². The first-order chi connectivity index (χ1) is 4.39. The first-order valence-electron chi connectivity index (χ1n) is 2.39. The molecule has 0 bridgehead atoms. The van der Waals surface area contributed by atoms with E-state index in [1.165, 1.54) is 0 Å². The monoisotopic (exact) mass is 157 g/mol. The van der Waals surface area contributed by atoms with E-state index in [2.05, 4.69) is 5.73 Å². The highest BCUT2D eigenvalue weighted by Gasteiger charge is 2.43. The molecule has 1 unspecified atom stereocenters. The number of hydrogen-bond acceptors (Lipinski definition) is 2. The average Bonchev–Trinajstić information content (AvgIpc) is 1.60. The van der Waals surface area contributed by atoms with Gasteiger partial charge >= 0.3 is 12.1 Å². The number of carboxylic acids is 1. The van der Waals surface area contributed by atoms with Gasteiger partial charge in [0.1, 0.15) is 0 Å². The summed E-state index contributed by atoms with van der Waals surface area (Å²) < 4.78 is 34.5. The Kier molecular flexibility index (Phi) is 2.65. The van der Waals surface area contributed by atoms with Crippen LogP contribution in [0.25, 0.3) is 0 Å². The summed E-state index contributed by atoms with van der Waals surface area (Å²) in [5, 5.41) is 7.91. The molecule has 1 atom stereocenters. The fourth-order valence-electron chi connectivity index (χ4n) is 0.374. The van der Waals surface area contributed by atoms with Crippen LogP contribution in [0.1, 0.15) is 0 Å². The number of carboxylic acid groups (broad SMARTS) is 1. The van der Waals surface area contributed by atoms with E-state index in [4.69, 9.17) is 5.11 Å². The van der Waals surface area contributed by atoms with E-state index in [1.54, 1.807) is 0 Å². The van der Waals surface area contributed by atoms with E-state index < -0.39 is 24.6 Å². The zero-order valence-corrected chi connectivity index (χ0v) is 4.85. The third-order valence-electron chi connectivity index (χ3n) is 0.929. The minimum Gasteiger partial charge on any atom is -0.481 e. The highest BCUT2D eigenvalue weighted by atomic mass is 19.4. The smallest absolute Gasteiger partial charge is 0.403 e. The lowest BCUT2D eigenvalue weighted by Gasteiger charge is -2.12. The lowest BCUT2D eigenvalue weighted by molar-refractivity contribution is -0.191. The second-order valence-electron chi connectivity index (χ2n) is 1.67. The molecule has 0 aliphatic rings. The van der Waals surface area contributed by atoms with Gasteiger partial charge in [0, 0.05) is 6.54 Å². The molecule has 0 aromatic heterocycles. The summed E-state index contributed by atoms with van der Waals surface area (Å²) >= 11 is 0. The van der Waals surface area contributed by atoms with Gasteiger partial charge in [-0.15, -0.1) is 0 Å². The molecule has 0 saturated heterocycles. The van der Waals surface area contributed by atoms with Crippen LogP contribution in [0.3, 0.4) is 0 Å². The van der Waals surface area contributed by atoms with Crippen molar-refractivity contribution in [3.63, 3.8) is 0 Å². The molecular weight excluding hydrogens is 151 g/mol. The van der Waals surface area contributed by atoms with Crippen LogP contribution in [0.2, 0.25) is 0 Å². The fourth-order valence-corrected chi connectivity index (χ4v) is 0.374. The summed E-state index contributed by atoms with van der Waals surface area (Å²) in [6.45, 7) is -0.918. The van der Waals surface area contributed by atoms with Gasteiger partial charge in [0.15, 0.2) is 5.92 Å². The van der Waals surface area contributed by atoms with Crippen LogP contribution in [-0.2, 0) is 4.79 Å². The predicted octanol–water partition coefficient (Wildman–Crippen LogP) is 0.208. The molecule has 0 aromatic rings. The largest absolute Gasteiger partial charge is 0.481 e. The summed E-state index contributed by atoms with van der Waals surface area (Å²) in [5.41, 5.74) is 4.56. The number of halogens is 3. The van der Waals surface area contributed by atoms with Gasteiger partial charge in [0.25, 0.3) is 0 Å². The Morgan fingerprint density at radius 1 is 1.60 bits per heavy atom. The number of hydrogen-bond donors (Lipinski definition) is 2. The van der Waals surface area contributed by atoms with E-state index in [1.807, 2.05) is 0 Å². The Hall–Kier alpha value is -0.780. The van der Waals surface area contributed by atoms with Gasteiger partial charge in [-0.1, -0.05) is 0 Å². The van der Waals surface area contributed by atoms with Crippen molar-refractivity contribution >= 4 is 5.97 Å². The van der Waals surface area contributed by atoms with Gasteiger partial charge in [-0.05, 0) is 0 Å². The van der Waals surface area contributed by atoms with Crippen LogP contribution in [0.5, 0.6) is 0 Å². The molecule has 0 spiro atoms. The molecular formula is C4H6F3NO2. The van der Waals surface area contributed by atoms with Gasteiger partial charge in [0.2, 0.25) is 0 Å². The van der Waals surface area contributed by atoms with Crippen LogP contribution in [0.15, 0.2) is 0 Å². The van der Waals surface area contributed by atoms with Crippen molar-refractivity contribution in [3.8, 4) is 0 Å². The number of carbonyl (C=O) groups is 1. The highest BCUT2D eigenvalue weighted by Crippen LogP contribution is 2.25. The van der Waals surface area contributed by atoms with Gasteiger partial charge in [-0.2, -0.15) is 13.2 Å². The van der Waals surface area contributed by atoms with Gasteiger partial charge in [-0.3, -0.25) is 4.79 Å². The molecule has 0 rings (SSSR count). The maximum Gasteiger partial charge on any atom is 0.403 e. The Morgan fingerprint density at radius 2 is 2.00 bits per heavy atom. The lowest BCUT2D eigenvalue weighted by Crippen LogP contribution is -2.36. The van der Waals surface area contributed by atoms with Crippen molar-refractivity contribution in [3.05, 3.63) is 0 Å². The molecule has 0 fully saturated rings. The summed E-state index contributed by atoms with van der Waals surface area (Å²) in [7, 11) is 0. The predicted molar refractivity (Wildman–Crippen MR) is 26.2 cm³/mol. The van der Waals surface area contributed by atoms with Crippen molar-refractivity contribution < 1.29 is 23.1 Å². The van der Waals surface area contributed by atoms with Crippen molar-refractivity contribution in [1.29, 1.82) is 0 Å². The second-order valence-corrected chi connectivity index (χ2v) is 1.67. The van der Waals surface area contributed by atoms with E-state index in [-0.39, 0.29) is 0 Å². The number of alkyl halides is 3. The number of nitrogens with two attached hydrogens (primary N) is 1. The lowest BCUT2D eigenvalue weighted by atomic mass is 10.1. The Balaban J connectivity index is 4.22. The minimum atomic E-state index is -4.74. The van der Waals surface area contributed by atoms with Crippen LogP contribution < -0.4 is 5.73 Å². The molecule has 0 aliphatic carbocycles. The molecule has 0 saturated carbocycles. The molecule has 3 nitrogen and oxygen atoms in total. The zero-order chi connectivity index (χ0) is 8.36. The first-order valence-corrected chi connectivity index (χ1v) is 2.39. The minimum absolute atomic E-state index is 0.918. The average molecular weight is 157 g/mol. The molecule has 0 radical (unpaired) electrons. The van der Waals surface area contributed by atoms with Gasteiger partial charge < -0.3 is 10.8 Å². The summed E-state index contributed by atoms with van der Waals surface area (Å²) in [6.07, 6.45) is -4.74. The normalized spacial score (nSPS) is 14.8. The summed E-state index contributed by atoms with van der Waals surface area (Å²) in [4.78, 5) is 9.78. The molecule has 0 heterocycles. The highest BCUT2D eigenvalue weighted by molar-refractivity contribution is 5.71. The van der Waals surface area contributed by atoms with Gasteiger partial charge in [-0.25, -0.2) is 0 Å².